The largest absolute Gasteiger partial charge is 0.304 e. The Kier molecular flexibility index (Phi) is 4.98. The molecule has 0 spiro atoms. The summed E-state index contributed by atoms with van der Waals surface area (Å²) in [5.74, 6) is 5.22. The second-order valence-electron chi connectivity index (χ2n) is 5.54. The van der Waals surface area contributed by atoms with E-state index in [0.717, 1.165) is 16.8 Å². The van der Waals surface area contributed by atoms with Gasteiger partial charge in [0.05, 0.1) is 0 Å². The van der Waals surface area contributed by atoms with Crippen LogP contribution in [-0.2, 0) is 4.79 Å². The molecule has 0 aliphatic carbocycles. The molecule has 1 amide bonds. The van der Waals surface area contributed by atoms with Crippen LogP contribution >= 0.6 is 0 Å². The van der Waals surface area contributed by atoms with Crippen molar-refractivity contribution in [2.45, 2.75) is 20.8 Å². The normalized spacial score (nSPS) is 9.74. The summed E-state index contributed by atoms with van der Waals surface area (Å²) in [6.07, 6.45) is 0. The fraction of sp³-hybridized carbons (Fsp3) is 0.200. The van der Waals surface area contributed by atoms with Crippen molar-refractivity contribution in [2.75, 3.05) is 11.9 Å². The first kappa shape index (κ1) is 16.5. The molecule has 0 aliphatic rings. The molecular formula is C20H19NO2. The number of hydrogen-bond donors (Lipinski definition) is 0. The first-order chi connectivity index (χ1) is 10.9. The van der Waals surface area contributed by atoms with Crippen molar-refractivity contribution in [3.05, 3.63) is 64.7 Å². The Morgan fingerprint density at radius 1 is 1.00 bits per heavy atom. The minimum absolute atomic E-state index is 0.00941. The van der Waals surface area contributed by atoms with Crippen LogP contribution in [0.4, 0.5) is 5.69 Å². The third-order valence-corrected chi connectivity index (χ3v) is 3.62. The molecule has 0 radical (unpaired) electrons. The summed E-state index contributed by atoms with van der Waals surface area (Å²) in [5, 5.41) is 0. The Morgan fingerprint density at radius 3 is 2.22 bits per heavy atom. The van der Waals surface area contributed by atoms with E-state index in [1.54, 1.807) is 36.2 Å². The molecule has 0 aromatic heterocycles. The fourth-order valence-electron chi connectivity index (χ4n) is 2.29. The molecule has 0 heterocycles. The summed E-state index contributed by atoms with van der Waals surface area (Å²) in [6.45, 7) is 5.51. The number of Topliss-reactive ketones (excluding diaryl/α,β-unsaturated/α-hetero) is 1. The minimum Gasteiger partial charge on any atom is -0.304 e. The van der Waals surface area contributed by atoms with Crippen molar-refractivity contribution in [3.63, 3.8) is 0 Å². The lowest BCUT2D eigenvalue weighted by molar-refractivity contribution is -0.113. The van der Waals surface area contributed by atoms with Crippen LogP contribution in [0.5, 0.6) is 0 Å². The Hall–Kier alpha value is -2.86. The first-order valence-electron chi connectivity index (χ1n) is 7.36. The van der Waals surface area contributed by atoms with Gasteiger partial charge in [0.1, 0.15) is 0 Å². The highest BCUT2D eigenvalue weighted by molar-refractivity contribution is 6.06. The molecule has 0 saturated heterocycles. The van der Waals surface area contributed by atoms with Gasteiger partial charge in [-0.15, -0.1) is 0 Å². The molecule has 0 N–H and O–H groups in total. The van der Waals surface area contributed by atoms with Crippen LogP contribution in [-0.4, -0.2) is 18.7 Å². The van der Waals surface area contributed by atoms with Crippen LogP contribution in [0, 0.1) is 25.7 Å². The van der Waals surface area contributed by atoms with E-state index >= 15 is 0 Å². The Labute approximate surface area is 136 Å². The van der Waals surface area contributed by atoms with Crippen molar-refractivity contribution in [2.24, 2.45) is 0 Å². The number of nitrogens with zero attached hydrogens (tertiary/aromatic N) is 1. The number of ketones is 1. The topological polar surface area (TPSA) is 37.4 Å². The van der Waals surface area contributed by atoms with Gasteiger partial charge < -0.3 is 4.90 Å². The van der Waals surface area contributed by atoms with Gasteiger partial charge >= 0.3 is 5.91 Å². The van der Waals surface area contributed by atoms with Gasteiger partial charge in [-0.25, -0.2) is 0 Å². The molecule has 0 saturated carbocycles. The van der Waals surface area contributed by atoms with Crippen molar-refractivity contribution in [1.82, 2.24) is 0 Å². The quantitative estimate of drug-likeness (QED) is 0.629. The zero-order chi connectivity index (χ0) is 17.0. The smallest absolute Gasteiger partial charge is 0.302 e. The van der Waals surface area contributed by atoms with E-state index in [-0.39, 0.29) is 11.7 Å². The van der Waals surface area contributed by atoms with Crippen molar-refractivity contribution in [3.8, 4) is 11.8 Å². The molecule has 0 bridgehead atoms. The number of amides is 1. The number of benzene rings is 2. The van der Waals surface area contributed by atoms with Crippen LogP contribution in [0.1, 0.15) is 34.0 Å². The highest BCUT2D eigenvalue weighted by Gasteiger charge is 2.10. The predicted molar refractivity (Wildman–Crippen MR) is 92.7 cm³/mol. The van der Waals surface area contributed by atoms with E-state index in [1.165, 1.54) is 6.92 Å². The number of carbonyl (C=O) groups is 2. The Balaban J connectivity index is 2.17. The second-order valence-corrected chi connectivity index (χ2v) is 5.54. The van der Waals surface area contributed by atoms with Crippen molar-refractivity contribution in [1.29, 1.82) is 0 Å². The molecule has 116 valence electrons. The van der Waals surface area contributed by atoms with Crippen LogP contribution < -0.4 is 4.90 Å². The average molecular weight is 305 g/mol. The molecule has 2 aromatic carbocycles. The van der Waals surface area contributed by atoms with Crippen molar-refractivity contribution < 1.29 is 9.59 Å². The van der Waals surface area contributed by atoms with Gasteiger partial charge in [0.15, 0.2) is 5.78 Å². The molecule has 0 atom stereocenters. The predicted octanol–water partition coefficient (Wildman–Crippen LogP) is 3.52. The number of rotatable bonds is 2. The first-order valence-corrected chi connectivity index (χ1v) is 7.36. The summed E-state index contributed by atoms with van der Waals surface area (Å²) in [6, 6.07) is 12.8. The van der Waals surface area contributed by atoms with Gasteiger partial charge in [0, 0.05) is 29.8 Å². The van der Waals surface area contributed by atoms with Gasteiger partial charge in [-0.3, -0.25) is 9.59 Å². The summed E-state index contributed by atoms with van der Waals surface area (Å²) in [5.41, 5.74) is 4.38. The highest BCUT2D eigenvalue weighted by Crippen LogP contribution is 2.19. The standard InChI is InChI=1S/C20H19NO2/c1-14-5-11-19(15(2)13-14)21(4)20(23)12-8-17-6-9-18(10-7-17)16(3)22/h5-7,9-11,13H,1-4H3. The van der Waals surface area contributed by atoms with Crippen LogP contribution in [0.2, 0.25) is 0 Å². The summed E-state index contributed by atoms with van der Waals surface area (Å²) in [7, 11) is 1.72. The summed E-state index contributed by atoms with van der Waals surface area (Å²) >= 11 is 0. The number of aryl methyl sites for hydroxylation is 2. The summed E-state index contributed by atoms with van der Waals surface area (Å²) in [4.78, 5) is 25.0. The van der Waals surface area contributed by atoms with Crippen LogP contribution in [0.25, 0.3) is 0 Å². The van der Waals surface area contributed by atoms with Gasteiger partial charge in [-0.1, -0.05) is 35.7 Å². The second kappa shape index (κ2) is 6.93. The lowest BCUT2D eigenvalue weighted by Gasteiger charge is -2.17. The summed E-state index contributed by atoms with van der Waals surface area (Å²) < 4.78 is 0. The molecule has 3 nitrogen and oxygen atoms in total. The maximum absolute atomic E-state index is 12.2. The van der Waals surface area contributed by atoms with Gasteiger partial charge in [0.2, 0.25) is 0 Å². The third kappa shape index (κ3) is 4.08. The Bertz CT molecular complexity index is 808. The van der Waals surface area contributed by atoms with Crippen LogP contribution in [0.15, 0.2) is 42.5 Å². The van der Waals surface area contributed by atoms with E-state index in [4.69, 9.17) is 0 Å². The SMILES string of the molecule is CC(=O)c1ccc(C#CC(=O)N(C)c2ccc(C)cc2C)cc1. The molecule has 0 aliphatic heterocycles. The van der Waals surface area contributed by atoms with E-state index < -0.39 is 0 Å². The third-order valence-electron chi connectivity index (χ3n) is 3.62. The zero-order valence-corrected chi connectivity index (χ0v) is 13.8. The molecule has 0 unspecified atom stereocenters. The highest BCUT2D eigenvalue weighted by atomic mass is 16.2. The molecular weight excluding hydrogens is 286 g/mol. The number of anilines is 1. The van der Waals surface area contributed by atoms with Gasteiger partial charge in [0.25, 0.3) is 0 Å². The fourth-order valence-corrected chi connectivity index (χ4v) is 2.29. The molecule has 3 heteroatoms. The molecule has 0 fully saturated rings. The van der Waals surface area contributed by atoms with E-state index in [0.29, 0.717) is 11.1 Å². The lowest BCUT2D eigenvalue weighted by atomic mass is 10.1. The Morgan fingerprint density at radius 2 is 1.65 bits per heavy atom. The van der Waals surface area contributed by atoms with Gasteiger partial charge in [-0.2, -0.15) is 0 Å². The van der Waals surface area contributed by atoms with E-state index in [9.17, 15) is 9.59 Å². The lowest BCUT2D eigenvalue weighted by Crippen LogP contribution is -2.25. The molecule has 2 rings (SSSR count). The van der Waals surface area contributed by atoms with Crippen LogP contribution in [0.3, 0.4) is 0 Å². The van der Waals surface area contributed by atoms with E-state index in [1.807, 2.05) is 32.0 Å². The van der Waals surface area contributed by atoms with Gasteiger partial charge in [-0.05, 0) is 44.5 Å². The molecule has 23 heavy (non-hydrogen) atoms. The maximum atomic E-state index is 12.2. The molecule has 2 aromatic rings. The van der Waals surface area contributed by atoms with E-state index in [2.05, 4.69) is 11.8 Å². The monoisotopic (exact) mass is 305 g/mol. The average Bonchev–Trinajstić information content (AvgIpc) is 2.52. The number of carbonyl (C=O) groups excluding carboxylic acids is 2. The number of hydrogen-bond acceptors (Lipinski definition) is 2. The zero-order valence-electron chi connectivity index (χ0n) is 13.8. The van der Waals surface area contributed by atoms with Crippen molar-refractivity contribution >= 4 is 17.4 Å². The minimum atomic E-state index is -0.271. The maximum Gasteiger partial charge on any atom is 0.302 e.